The fourth-order valence-corrected chi connectivity index (χ4v) is 2.95. The molecule has 1 fully saturated rings. The quantitative estimate of drug-likeness (QED) is 0.860. The molecular weight excluding hydrogens is 252 g/mol. The van der Waals surface area contributed by atoms with Crippen molar-refractivity contribution in [1.82, 2.24) is 0 Å². The molecule has 5 heteroatoms. The molecule has 0 aliphatic carbocycles. The Hall–Kier alpha value is -1.26. The minimum Gasteiger partial charge on any atom is -0.480 e. The number of hydrogen-bond acceptors (Lipinski definition) is 3. The van der Waals surface area contributed by atoms with Gasteiger partial charge in [0.15, 0.2) is 0 Å². The van der Waals surface area contributed by atoms with Gasteiger partial charge < -0.3 is 15.7 Å². The molecule has 0 amide bonds. The van der Waals surface area contributed by atoms with Crippen LogP contribution < -0.4 is 10.6 Å². The van der Waals surface area contributed by atoms with Crippen molar-refractivity contribution < 1.29 is 9.90 Å². The number of nitrogens with zero attached hydrogens (tertiary/aromatic N) is 1. The number of nitrogens with two attached hydrogens (primary N) is 1. The van der Waals surface area contributed by atoms with Crippen LogP contribution >= 0.6 is 11.6 Å². The molecule has 18 heavy (non-hydrogen) atoms. The van der Waals surface area contributed by atoms with Crippen molar-refractivity contribution in [1.29, 1.82) is 0 Å². The van der Waals surface area contributed by atoms with Gasteiger partial charge in [0.2, 0.25) is 0 Å². The molecule has 3 N–H and O–H groups in total. The van der Waals surface area contributed by atoms with Crippen LogP contribution in [0.4, 0.5) is 5.69 Å². The van der Waals surface area contributed by atoms with Crippen LogP contribution in [0.3, 0.4) is 0 Å². The first-order valence-corrected chi connectivity index (χ1v) is 6.25. The summed E-state index contributed by atoms with van der Waals surface area (Å²) in [4.78, 5) is 13.1. The molecule has 1 heterocycles. The lowest BCUT2D eigenvalue weighted by atomic mass is 10.0. The predicted octanol–water partition coefficient (Wildman–Crippen LogP) is 1.95. The van der Waals surface area contributed by atoms with Crippen molar-refractivity contribution >= 4 is 23.3 Å². The summed E-state index contributed by atoms with van der Waals surface area (Å²) in [5.74, 6) is -0.953. The highest BCUT2D eigenvalue weighted by Gasteiger charge is 2.42. The van der Waals surface area contributed by atoms with Crippen LogP contribution in [-0.2, 0) is 4.79 Å². The van der Waals surface area contributed by atoms with E-state index in [4.69, 9.17) is 22.4 Å². The van der Waals surface area contributed by atoms with Gasteiger partial charge in [0.05, 0.1) is 10.7 Å². The van der Waals surface area contributed by atoms with Crippen LogP contribution in [0.5, 0.6) is 0 Å². The van der Waals surface area contributed by atoms with Gasteiger partial charge in [-0.15, -0.1) is 0 Å². The summed E-state index contributed by atoms with van der Waals surface area (Å²) in [6.45, 7) is 4.88. The maximum atomic E-state index is 11.1. The number of hydrogen-bond donors (Lipinski definition) is 2. The Bertz CT molecular complexity index is 481. The molecule has 1 saturated heterocycles. The number of carboxylic acid groups (broad SMARTS) is 1. The van der Waals surface area contributed by atoms with E-state index in [1.54, 1.807) is 0 Å². The van der Waals surface area contributed by atoms with Gasteiger partial charge in [-0.3, -0.25) is 4.79 Å². The summed E-state index contributed by atoms with van der Waals surface area (Å²) in [6, 6.07) is 3.93. The van der Waals surface area contributed by atoms with Crippen molar-refractivity contribution in [3.05, 3.63) is 28.3 Å². The first-order valence-electron chi connectivity index (χ1n) is 5.87. The van der Waals surface area contributed by atoms with Gasteiger partial charge >= 0.3 is 5.97 Å². The first-order chi connectivity index (χ1) is 8.33. The third kappa shape index (κ3) is 2.18. The molecule has 0 saturated carbocycles. The number of aryl methyl sites for hydroxylation is 2. The fourth-order valence-electron chi connectivity index (χ4n) is 2.51. The number of rotatable bonds is 2. The molecule has 0 radical (unpaired) electrons. The van der Waals surface area contributed by atoms with E-state index < -0.39 is 11.5 Å². The summed E-state index contributed by atoms with van der Waals surface area (Å²) in [6.07, 6.45) is 0.436. The summed E-state index contributed by atoms with van der Waals surface area (Å²) in [7, 11) is 0. The van der Waals surface area contributed by atoms with Gasteiger partial charge in [-0.25, -0.2) is 0 Å². The molecule has 1 aliphatic heterocycles. The van der Waals surface area contributed by atoms with Crippen LogP contribution in [0.1, 0.15) is 17.5 Å². The number of aliphatic carboxylic acids is 1. The Morgan fingerprint density at radius 1 is 1.50 bits per heavy atom. The standard InChI is InChI=1S/C13H17ClN2O2/c1-8-5-9(2)11(10(14)6-8)16-4-3-13(15,7-16)12(17)18/h5-6H,3-4,7,15H2,1-2H3,(H,17,18). The Morgan fingerprint density at radius 3 is 2.67 bits per heavy atom. The van der Waals surface area contributed by atoms with E-state index in [9.17, 15) is 4.79 Å². The van der Waals surface area contributed by atoms with Crippen molar-refractivity contribution in [2.45, 2.75) is 25.8 Å². The van der Waals surface area contributed by atoms with E-state index in [2.05, 4.69) is 0 Å². The van der Waals surface area contributed by atoms with Crippen molar-refractivity contribution in [3.63, 3.8) is 0 Å². The van der Waals surface area contributed by atoms with E-state index in [1.165, 1.54) is 0 Å². The van der Waals surface area contributed by atoms with E-state index in [-0.39, 0.29) is 0 Å². The highest BCUT2D eigenvalue weighted by molar-refractivity contribution is 6.33. The molecule has 1 unspecified atom stereocenters. The number of halogens is 1. The van der Waals surface area contributed by atoms with Gasteiger partial charge in [0, 0.05) is 13.1 Å². The van der Waals surface area contributed by atoms with Crippen LogP contribution in [0.15, 0.2) is 12.1 Å². The molecule has 1 atom stereocenters. The largest absolute Gasteiger partial charge is 0.480 e. The second kappa shape index (κ2) is 4.44. The van der Waals surface area contributed by atoms with Crippen molar-refractivity contribution in [3.8, 4) is 0 Å². The van der Waals surface area contributed by atoms with E-state index in [0.29, 0.717) is 24.5 Å². The third-order valence-electron chi connectivity index (χ3n) is 3.44. The smallest absolute Gasteiger partial charge is 0.325 e. The number of anilines is 1. The molecule has 1 aliphatic rings. The van der Waals surface area contributed by atoms with Crippen LogP contribution in [-0.4, -0.2) is 29.7 Å². The number of benzene rings is 1. The van der Waals surface area contributed by atoms with Crippen LogP contribution in [0.25, 0.3) is 0 Å². The molecule has 1 aromatic rings. The van der Waals surface area contributed by atoms with Gasteiger partial charge in [0.1, 0.15) is 5.54 Å². The Morgan fingerprint density at radius 2 is 2.17 bits per heavy atom. The molecule has 1 aromatic carbocycles. The maximum Gasteiger partial charge on any atom is 0.325 e. The normalized spacial score (nSPS) is 23.4. The Balaban J connectivity index is 2.33. The third-order valence-corrected chi connectivity index (χ3v) is 3.73. The SMILES string of the molecule is Cc1cc(C)c(N2CCC(N)(C(=O)O)C2)c(Cl)c1. The highest BCUT2D eigenvalue weighted by Crippen LogP contribution is 2.35. The van der Waals surface area contributed by atoms with Gasteiger partial charge in [-0.2, -0.15) is 0 Å². The Labute approximate surface area is 111 Å². The van der Waals surface area contributed by atoms with Crippen molar-refractivity contribution in [2.75, 3.05) is 18.0 Å². The van der Waals surface area contributed by atoms with Gasteiger partial charge in [-0.05, 0) is 37.5 Å². The maximum absolute atomic E-state index is 11.1. The average molecular weight is 269 g/mol. The minimum atomic E-state index is -1.17. The van der Waals surface area contributed by atoms with E-state index in [1.807, 2.05) is 30.9 Å². The molecule has 2 rings (SSSR count). The zero-order chi connectivity index (χ0) is 13.5. The summed E-state index contributed by atoms with van der Waals surface area (Å²) >= 11 is 6.26. The van der Waals surface area contributed by atoms with Gasteiger partial charge in [0.25, 0.3) is 0 Å². The second-order valence-electron chi connectivity index (χ2n) is 5.05. The molecule has 4 nitrogen and oxygen atoms in total. The molecular formula is C13H17ClN2O2. The monoisotopic (exact) mass is 268 g/mol. The molecule has 98 valence electrons. The summed E-state index contributed by atoms with van der Waals surface area (Å²) < 4.78 is 0. The Kier molecular flexibility index (Phi) is 3.25. The minimum absolute atomic E-state index is 0.298. The molecule has 0 spiro atoms. The summed E-state index contributed by atoms with van der Waals surface area (Å²) in [5.41, 5.74) is 7.75. The first kappa shape index (κ1) is 13.2. The topological polar surface area (TPSA) is 66.6 Å². The van der Waals surface area contributed by atoms with Crippen molar-refractivity contribution in [2.24, 2.45) is 5.73 Å². The molecule has 0 bridgehead atoms. The second-order valence-corrected chi connectivity index (χ2v) is 5.45. The van der Waals surface area contributed by atoms with Crippen LogP contribution in [0, 0.1) is 13.8 Å². The number of carbonyl (C=O) groups is 1. The van der Waals surface area contributed by atoms with E-state index >= 15 is 0 Å². The van der Waals surface area contributed by atoms with Crippen LogP contribution in [0.2, 0.25) is 5.02 Å². The average Bonchev–Trinajstić information content (AvgIpc) is 2.60. The predicted molar refractivity (Wildman–Crippen MR) is 72.3 cm³/mol. The zero-order valence-corrected chi connectivity index (χ0v) is 11.3. The lowest BCUT2D eigenvalue weighted by Gasteiger charge is -2.24. The zero-order valence-electron chi connectivity index (χ0n) is 10.5. The lowest BCUT2D eigenvalue weighted by Crippen LogP contribution is -2.50. The fraction of sp³-hybridized carbons (Fsp3) is 0.462. The molecule has 0 aromatic heterocycles. The highest BCUT2D eigenvalue weighted by atomic mass is 35.5. The summed E-state index contributed by atoms with van der Waals surface area (Å²) in [5, 5.41) is 9.79. The lowest BCUT2D eigenvalue weighted by molar-refractivity contribution is -0.142. The number of carboxylic acids is 1. The van der Waals surface area contributed by atoms with E-state index in [0.717, 1.165) is 16.8 Å². The van der Waals surface area contributed by atoms with Gasteiger partial charge in [-0.1, -0.05) is 17.7 Å².